The van der Waals surface area contributed by atoms with Crippen LogP contribution in [0.2, 0.25) is 5.02 Å². The average Bonchev–Trinajstić information content (AvgIpc) is 3.10. The lowest BCUT2D eigenvalue weighted by atomic mass is 9.98. The molecule has 2 heterocycles. The van der Waals surface area contributed by atoms with E-state index in [-0.39, 0.29) is 11.3 Å². The highest BCUT2D eigenvalue weighted by atomic mass is 127. The van der Waals surface area contributed by atoms with Gasteiger partial charge in [-0.1, -0.05) is 17.7 Å². The van der Waals surface area contributed by atoms with Gasteiger partial charge in [-0.15, -0.1) is 0 Å². The third kappa shape index (κ3) is 1.42. The number of halogens is 2. The zero-order valence-electron chi connectivity index (χ0n) is 10.7. The van der Waals surface area contributed by atoms with Crippen molar-refractivity contribution in [2.75, 3.05) is 4.90 Å². The first-order valence-electron chi connectivity index (χ1n) is 6.37. The Kier molecular flexibility index (Phi) is 2.51. The van der Waals surface area contributed by atoms with Crippen LogP contribution < -0.4 is 4.90 Å². The number of hydrogen-bond donors (Lipinski definition) is 0. The van der Waals surface area contributed by atoms with Crippen LogP contribution in [0.5, 0.6) is 0 Å². The Morgan fingerprint density at radius 2 is 2.15 bits per heavy atom. The summed E-state index contributed by atoms with van der Waals surface area (Å²) >= 11 is 8.57. The molecule has 1 aliphatic heterocycles. The molecule has 2 aromatic rings. The van der Waals surface area contributed by atoms with E-state index in [1.54, 1.807) is 15.8 Å². The second-order valence-corrected chi connectivity index (χ2v) is 6.87. The van der Waals surface area contributed by atoms with Crippen LogP contribution in [0.15, 0.2) is 24.4 Å². The van der Waals surface area contributed by atoms with Crippen LogP contribution in [0.1, 0.15) is 18.4 Å². The molecule has 0 bridgehead atoms. The van der Waals surface area contributed by atoms with Crippen molar-refractivity contribution < 1.29 is 4.79 Å². The number of benzene rings is 1. The number of anilines is 2. The summed E-state index contributed by atoms with van der Waals surface area (Å²) in [4.78, 5) is 14.7. The molecule has 1 aromatic carbocycles. The third-order valence-electron chi connectivity index (χ3n) is 4.15. The van der Waals surface area contributed by atoms with E-state index in [1.165, 1.54) is 0 Å². The molecule has 0 atom stereocenters. The standard InChI is InChI=1S/C14H11ClIN3O/c1-18-12(9(16)7-17-18)19-10-4-2-3-8(15)11(10)14(5-6-14)13(19)20/h2-4,7H,5-6H2,1H3. The fourth-order valence-corrected chi connectivity index (χ4v) is 4.12. The highest BCUT2D eigenvalue weighted by molar-refractivity contribution is 14.1. The van der Waals surface area contributed by atoms with Crippen molar-refractivity contribution >= 4 is 51.6 Å². The average molecular weight is 400 g/mol. The number of hydrogen-bond acceptors (Lipinski definition) is 2. The number of carbonyl (C=O) groups excluding carboxylic acids is 1. The van der Waals surface area contributed by atoms with Gasteiger partial charge in [-0.3, -0.25) is 14.4 Å². The molecule has 0 saturated heterocycles. The molecule has 0 radical (unpaired) electrons. The molecule has 0 N–H and O–H groups in total. The minimum Gasteiger partial charge on any atom is -0.273 e. The summed E-state index contributed by atoms with van der Waals surface area (Å²) in [5.74, 6) is 0.949. The monoisotopic (exact) mass is 399 g/mol. The van der Waals surface area contributed by atoms with Gasteiger partial charge in [0.2, 0.25) is 5.91 Å². The topological polar surface area (TPSA) is 38.1 Å². The molecule has 1 spiro atoms. The maximum absolute atomic E-state index is 12.9. The van der Waals surface area contributed by atoms with Gasteiger partial charge in [0.25, 0.3) is 0 Å². The lowest BCUT2D eigenvalue weighted by molar-refractivity contribution is -0.119. The summed E-state index contributed by atoms with van der Waals surface area (Å²) in [6.07, 6.45) is 3.53. The molecule has 6 heteroatoms. The number of fused-ring (bicyclic) bond motifs is 2. The Bertz CT molecular complexity index is 731. The fourth-order valence-electron chi connectivity index (χ4n) is 3.06. The number of rotatable bonds is 1. The van der Waals surface area contributed by atoms with E-state index in [4.69, 9.17) is 11.6 Å². The molecule has 0 unspecified atom stereocenters. The van der Waals surface area contributed by atoms with Crippen LogP contribution in [0.25, 0.3) is 0 Å². The van der Waals surface area contributed by atoms with E-state index in [9.17, 15) is 4.79 Å². The normalized spacial score (nSPS) is 18.8. The van der Waals surface area contributed by atoms with Crippen molar-refractivity contribution in [2.45, 2.75) is 18.3 Å². The van der Waals surface area contributed by atoms with Gasteiger partial charge in [0.05, 0.1) is 20.9 Å². The number of aryl methyl sites for hydroxylation is 1. The van der Waals surface area contributed by atoms with Crippen LogP contribution in [0, 0.1) is 3.57 Å². The van der Waals surface area contributed by atoms with Gasteiger partial charge < -0.3 is 0 Å². The summed E-state index contributed by atoms with van der Waals surface area (Å²) in [5.41, 5.74) is 1.51. The van der Waals surface area contributed by atoms with Gasteiger partial charge in [0.15, 0.2) is 5.82 Å². The highest BCUT2D eigenvalue weighted by Crippen LogP contribution is 2.60. The van der Waals surface area contributed by atoms with Crippen molar-refractivity contribution in [1.29, 1.82) is 0 Å². The van der Waals surface area contributed by atoms with Gasteiger partial charge in [-0.25, -0.2) is 0 Å². The largest absolute Gasteiger partial charge is 0.273 e. The van der Waals surface area contributed by atoms with Gasteiger partial charge in [-0.05, 0) is 47.6 Å². The molecule has 1 saturated carbocycles. The summed E-state index contributed by atoms with van der Waals surface area (Å²) in [5, 5.41) is 4.93. The molecule has 4 nitrogen and oxygen atoms in total. The Morgan fingerprint density at radius 3 is 2.75 bits per heavy atom. The Morgan fingerprint density at radius 1 is 1.40 bits per heavy atom. The van der Waals surface area contributed by atoms with Crippen molar-refractivity contribution in [1.82, 2.24) is 9.78 Å². The van der Waals surface area contributed by atoms with E-state index in [1.807, 2.05) is 25.2 Å². The summed E-state index contributed by atoms with van der Waals surface area (Å²) in [7, 11) is 1.85. The lowest BCUT2D eigenvalue weighted by Gasteiger charge is -2.18. The van der Waals surface area contributed by atoms with Crippen LogP contribution in [-0.4, -0.2) is 15.7 Å². The quantitative estimate of drug-likeness (QED) is 0.690. The Balaban J connectivity index is 2.00. The van der Waals surface area contributed by atoms with Crippen molar-refractivity contribution in [3.8, 4) is 0 Å². The van der Waals surface area contributed by atoms with Crippen LogP contribution in [-0.2, 0) is 17.3 Å². The number of aromatic nitrogens is 2. The van der Waals surface area contributed by atoms with Crippen molar-refractivity contribution in [3.05, 3.63) is 38.6 Å². The van der Waals surface area contributed by atoms with Crippen LogP contribution >= 0.6 is 34.2 Å². The molecular formula is C14H11ClIN3O. The first kappa shape index (κ1) is 12.6. The number of carbonyl (C=O) groups is 1. The van der Waals surface area contributed by atoms with Crippen molar-refractivity contribution in [2.24, 2.45) is 7.05 Å². The zero-order chi connectivity index (χ0) is 14.1. The predicted molar refractivity (Wildman–Crippen MR) is 85.4 cm³/mol. The Hall–Kier alpha value is -1.08. The molecule has 1 aliphatic carbocycles. The summed E-state index contributed by atoms with van der Waals surface area (Å²) < 4.78 is 2.70. The van der Waals surface area contributed by atoms with E-state index in [0.717, 1.165) is 33.5 Å². The second kappa shape index (κ2) is 3.98. The summed E-state index contributed by atoms with van der Waals surface area (Å²) in [6.45, 7) is 0. The summed E-state index contributed by atoms with van der Waals surface area (Å²) in [6, 6.07) is 5.73. The molecule has 102 valence electrons. The number of nitrogens with zero attached hydrogens (tertiary/aromatic N) is 3. The molecule has 20 heavy (non-hydrogen) atoms. The maximum atomic E-state index is 12.9. The molecule has 1 aromatic heterocycles. The minimum absolute atomic E-state index is 0.127. The lowest BCUT2D eigenvalue weighted by Crippen LogP contribution is -2.29. The molecular weight excluding hydrogens is 389 g/mol. The molecule has 1 fully saturated rings. The van der Waals surface area contributed by atoms with Crippen LogP contribution in [0.3, 0.4) is 0 Å². The second-order valence-electron chi connectivity index (χ2n) is 5.30. The van der Waals surface area contributed by atoms with Gasteiger partial charge in [0.1, 0.15) is 0 Å². The first-order valence-corrected chi connectivity index (χ1v) is 7.83. The smallest absolute Gasteiger partial charge is 0.243 e. The predicted octanol–water partition coefficient (Wildman–Crippen LogP) is 3.39. The minimum atomic E-state index is -0.388. The van der Waals surface area contributed by atoms with E-state index in [0.29, 0.717) is 5.02 Å². The SMILES string of the molecule is Cn1ncc(I)c1N1C(=O)C2(CC2)c2c(Cl)cccc21. The van der Waals surface area contributed by atoms with Crippen molar-refractivity contribution in [3.63, 3.8) is 0 Å². The molecule has 1 amide bonds. The van der Waals surface area contributed by atoms with Gasteiger partial charge in [-0.2, -0.15) is 5.10 Å². The number of amides is 1. The van der Waals surface area contributed by atoms with E-state index in [2.05, 4.69) is 27.7 Å². The van der Waals surface area contributed by atoms with E-state index < -0.39 is 0 Å². The zero-order valence-corrected chi connectivity index (χ0v) is 13.6. The van der Waals surface area contributed by atoms with Crippen LogP contribution in [0.4, 0.5) is 11.5 Å². The molecule has 4 rings (SSSR count). The maximum Gasteiger partial charge on any atom is 0.243 e. The Labute approximate surface area is 134 Å². The van der Waals surface area contributed by atoms with Gasteiger partial charge in [0, 0.05) is 17.6 Å². The first-order chi connectivity index (χ1) is 9.56. The highest BCUT2D eigenvalue weighted by Gasteiger charge is 2.61. The third-order valence-corrected chi connectivity index (χ3v) is 5.23. The van der Waals surface area contributed by atoms with Gasteiger partial charge >= 0.3 is 0 Å². The fraction of sp³-hybridized carbons (Fsp3) is 0.286. The van der Waals surface area contributed by atoms with E-state index >= 15 is 0 Å². The molecule has 2 aliphatic rings.